The fourth-order valence-electron chi connectivity index (χ4n) is 4.11. The third-order valence-electron chi connectivity index (χ3n) is 5.23. The summed E-state index contributed by atoms with van der Waals surface area (Å²) in [6, 6.07) is 8.56. The molecular weight excluding hydrogens is 336 g/mol. The van der Waals surface area contributed by atoms with Crippen molar-refractivity contribution in [3.63, 3.8) is 0 Å². The third-order valence-corrected chi connectivity index (χ3v) is 5.23. The van der Waals surface area contributed by atoms with Crippen molar-refractivity contribution >= 4 is 17.5 Å². The Morgan fingerprint density at radius 2 is 1.85 bits per heavy atom. The van der Waals surface area contributed by atoms with Gasteiger partial charge in [0.15, 0.2) is 11.6 Å². The summed E-state index contributed by atoms with van der Waals surface area (Å²) in [6.45, 7) is 7.00. The van der Waals surface area contributed by atoms with E-state index < -0.39 is 35.1 Å². The highest BCUT2D eigenvalue weighted by molar-refractivity contribution is 6.20. The largest absolute Gasteiger partial charge is 0.466 e. The molecule has 26 heavy (non-hydrogen) atoms. The first-order valence-electron chi connectivity index (χ1n) is 8.85. The summed E-state index contributed by atoms with van der Waals surface area (Å²) in [4.78, 5) is 38.5. The number of esters is 1. The summed E-state index contributed by atoms with van der Waals surface area (Å²) in [5.74, 6) is -3.50. The lowest BCUT2D eigenvalue weighted by molar-refractivity contribution is -0.149. The van der Waals surface area contributed by atoms with Gasteiger partial charge in [-0.3, -0.25) is 14.4 Å². The van der Waals surface area contributed by atoms with Gasteiger partial charge in [-0.2, -0.15) is 0 Å². The molecule has 140 valence electrons. The molecule has 1 aromatic rings. The molecule has 0 spiro atoms. The number of ether oxygens (including phenoxy) is 3. The molecule has 1 saturated carbocycles. The average molecular weight is 360 g/mol. The lowest BCUT2D eigenvalue weighted by Crippen LogP contribution is -2.32. The highest BCUT2D eigenvalue weighted by Gasteiger charge is 2.79. The fourth-order valence-corrected chi connectivity index (χ4v) is 4.11. The van der Waals surface area contributed by atoms with E-state index in [1.54, 1.807) is 51.1 Å². The third kappa shape index (κ3) is 2.87. The van der Waals surface area contributed by atoms with Gasteiger partial charge in [0, 0.05) is 11.5 Å². The molecule has 1 aliphatic heterocycles. The minimum absolute atomic E-state index is 0.184. The standard InChI is InChI=1S/C20H24O6/c1-5-24-18(23)16-15(14-11-25-19(3,4)26-14)20(16,12(2)21)17(22)13-9-7-6-8-10-13/h6-10,14-16H,5,11H2,1-4H3/t14-,15-,16-,20?/m0/s1. The molecule has 0 N–H and O–H groups in total. The number of ketones is 2. The van der Waals surface area contributed by atoms with Crippen molar-refractivity contribution in [2.45, 2.75) is 39.6 Å². The summed E-state index contributed by atoms with van der Waals surface area (Å²) >= 11 is 0. The van der Waals surface area contributed by atoms with E-state index in [9.17, 15) is 14.4 Å². The molecule has 0 bridgehead atoms. The smallest absolute Gasteiger partial charge is 0.310 e. The maximum Gasteiger partial charge on any atom is 0.310 e. The first-order valence-corrected chi connectivity index (χ1v) is 8.85. The second-order valence-corrected chi connectivity index (χ2v) is 7.24. The number of Topliss-reactive ketones (excluding diaryl/α,β-unsaturated/α-hetero) is 2. The molecule has 2 fully saturated rings. The van der Waals surface area contributed by atoms with Crippen LogP contribution in [0.2, 0.25) is 0 Å². The van der Waals surface area contributed by atoms with Crippen LogP contribution in [0.1, 0.15) is 38.1 Å². The summed E-state index contributed by atoms with van der Waals surface area (Å²) < 4.78 is 16.7. The lowest BCUT2D eigenvalue weighted by Gasteiger charge is -2.19. The lowest BCUT2D eigenvalue weighted by atomic mass is 9.86. The van der Waals surface area contributed by atoms with E-state index in [4.69, 9.17) is 14.2 Å². The minimum Gasteiger partial charge on any atom is -0.466 e. The Bertz CT molecular complexity index is 725. The minimum atomic E-state index is -1.46. The van der Waals surface area contributed by atoms with Crippen LogP contribution in [0.5, 0.6) is 0 Å². The number of carbonyl (C=O) groups is 3. The molecule has 1 unspecified atom stereocenters. The van der Waals surface area contributed by atoms with Crippen LogP contribution in [0.15, 0.2) is 30.3 Å². The molecule has 4 atom stereocenters. The first kappa shape index (κ1) is 18.7. The molecule has 2 aliphatic rings. The number of hydrogen-bond donors (Lipinski definition) is 0. The molecule has 1 aromatic carbocycles. The maximum atomic E-state index is 13.3. The van der Waals surface area contributed by atoms with E-state index in [0.717, 1.165) is 0 Å². The Labute approximate surface area is 152 Å². The Morgan fingerprint density at radius 1 is 1.19 bits per heavy atom. The number of benzene rings is 1. The second-order valence-electron chi connectivity index (χ2n) is 7.24. The van der Waals surface area contributed by atoms with Crippen LogP contribution < -0.4 is 0 Å². The second kappa shape index (κ2) is 6.59. The van der Waals surface area contributed by atoms with Gasteiger partial charge < -0.3 is 14.2 Å². The zero-order valence-corrected chi connectivity index (χ0v) is 15.5. The van der Waals surface area contributed by atoms with E-state index >= 15 is 0 Å². The summed E-state index contributed by atoms with van der Waals surface area (Å²) in [6.07, 6.45) is -0.518. The number of carbonyl (C=O) groups excluding carboxylic acids is 3. The fraction of sp³-hybridized carbons (Fsp3) is 0.550. The number of hydrogen-bond acceptors (Lipinski definition) is 6. The Morgan fingerprint density at radius 3 is 2.35 bits per heavy atom. The van der Waals surface area contributed by atoms with Crippen molar-refractivity contribution in [1.29, 1.82) is 0 Å². The quantitative estimate of drug-likeness (QED) is 0.440. The van der Waals surface area contributed by atoms with Crippen LogP contribution in [-0.4, -0.2) is 42.6 Å². The Balaban J connectivity index is 2.01. The van der Waals surface area contributed by atoms with Crippen LogP contribution >= 0.6 is 0 Å². The van der Waals surface area contributed by atoms with Crippen molar-refractivity contribution in [1.82, 2.24) is 0 Å². The highest BCUT2D eigenvalue weighted by Crippen LogP contribution is 2.64. The van der Waals surface area contributed by atoms with Gasteiger partial charge in [0.1, 0.15) is 11.2 Å². The number of rotatable bonds is 6. The van der Waals surface area contributed by atoms with Crippen LogP contribution in [0, 0.1) is 17.3 Å². The van der Waals surface area contributed by atoms with Gasteiger partial charge in [-0.15, -0.1) is 0 Å². The van der Waals surface area contributed by atoms with Gasteiger partial charge in [0.05, 0.1) is 25.2 Å². The average Bonchev–Trinajstić information content (AvgIpc) is 3.19. The Hall–Kier alpha value is -2.05. The summed E-state index contributed by atoms with van der Waals surface area (Å²) in [5.41, 5.74) is -1.06. The van der Waals surface area contributed by atoms with Crippen molar-refractivity contribution in [3.05, 3.63) is 35.9 Å². The van der Waals surface area contributed by atoms with Crippen LogP contribution in [-0.2, 0) is 23.8 Å². The molecule has 0 radical (unpaired) electrons. The van der Waals surface area contributed by atoms with Crippen LogP contribution in [0.25, 0.3) is 0 Å². The van der Waals surface area contributed by atoms with Crippen molar-refractivity contribution < 1.29 is 28.6 Å². The molecule has 6 nitrogen and oxygen atoms in total. The van der Waals surface area contributed by atoms with E-state index in [-0.39, 0.29) is 24.8 Å². The molecule has 1 aliphatic carbocycles. The SMILES string of the molecule is CCOC(=O)[C@@H]1[C@H]([C@@H]2COC(C)(C)O2)C1(C(C)=O)C(=O)c1ccccc1. The van der Waals surface area contributed by atoms with Gasteiger partial charge in [-0.1, -0.05) is 30.3 Å². The van der Waals surface area contributed by atoms with E-state index in [1.165, 1.54) is 6.92 Å². The van der Waals surface area contributed by atoms with Gasteiger partial charge in [0.25, 0.3) is 0 Å². The van der Waals surface area contributed by atoms with Gasteiger partial charge >= 0.3 is 5.97 Å². The van der Waals surface area contributed by atoms with Gasteiger partial charge in [-0.05, 0) is 27.7 Å². The molecule has 0 aromatic heterocycles. The normalized spacial score (nSPS) is 32.1. The predicted octanol–water partition coefficient (Wildman–Crippen LogP) is 2.41. The Kier molecular flexibility index (Phi) is 4.75. The maximum absolute atomic E-state index is 13.3. The van der Waals surface area contributed by atoms with Gasteiger partial charge in [0.2, 0.25) is 0 Å². The van der Waals surface area contributed by atoms with E-state index in [1.807, 2.05) is 0 Å². The molecule has 3 rings (SSSR count). The van der Waals surface area contributed by atoms with Crippen molar-refractivity contribution in [3.8, 4) is 0 Å². The highest BCUT2D eigenvalue weighted by atomic mass is 16.7. The zero-order valence-electron chi connectivity index (χ0n) is 15.5. The van der Waals surface area contributed by atoms with Crippen molar-refractivity contribution in [2.24, 2.45) is 17.3 Å². The zero-order chi connectivity index (χ0) is 19.1. The molecule has 1 saturated heterocycles. The molecule has 0 amide bonds. The molecular formula is C20H24O6. The monoisotopic (exact) mass is 360 g/mol. The predicted molar refractivity (Wildman–Crippen MR) is 92.4 cm³/mol. The van der Waals surface area contributed by atoms with Crippen LogP contribution in [0.3, 0.4) is 0 Å². The first-order chi connectivity index (χ1) is 12.3. The van der Waals surface area contributed by atoms with E-state index in [0.29, 0.717) is 5.56 Å². The van der Waals surface area contributed by atoms with E-state index in [2.05, 4.69) is 0 Å². The summed E-state index contributed by atoms with van der Waals surface area (Å²) in [7, 11) is 0. The van der Waals surface area contributed by atoms with Crippen LogP contribution in [0.4, 0.5) is 0 Å². The van der Waals surface area contributed by atoms with Crippen molar-refractivity contribution in [2.75, 3.05) is 13.2 Å². The summed E-state index contributed by atoms with van der Waals surface area (Å²) in [5, 5.41) is 0. The molecule has 1 heterocycles. The topological polar surface area (TPSA) is 78.9 Å². The molecule has 6 heteroatoms. The van der Waals surface area contributed by atoms with Gasteiger partial charge in [-0.25, -0.2) is 0 Å².